The number of amides is 1. The third kappa shape index (κ3) is 7.55. The van der Waals surface area contributed by atoms with Crippen molar-refractivity contribution in [3.05, 3.63) is 41.3 Å². The number of nitrogens with one attached hydrogen (secondary N) is 1. The van der Waals surface area contributed by atoms with Gasteiger partial charge in [-0.15, -0.1) is 0 Å². The van der Waals surface area contributed by atoms with Crippen LogP contribution in [0.1, 0.15) is 35.5 Å². The molecule has 1 aliphatic rings. The molecule has 2 N–H and O–H groups in total. The van der Waals surface area contributed by atoms with Crippen LogP contribution < -0.4 is 10.2 Å². The van der Waals surface area contributed by atoms with Gasteiger partial charge in [-0.3, -0.25) is 14.5 Å². The highest BCUT2D eigenvalue weighted by Gasteiger charge is 2.30. The first-order valence-corrected chi connectivity index (χ1v) is 10.7. The van der Waals surface area contributed by atoms with Gasteiger partial charge in [-0.25, -0.2) is 0 Å². The van der Waals surface area contributed by atoms with Crippen LogP contribution >= 0.6 is 0 Å². The number of methoxy groups -OCH3 is 1. The lowest BCUT2D eigenvalue weighted by atomic mass is 10.0. The number of carbonyl (C=O) groups excluding carboxylic acids is 1. The fourth-order valence-electron chi connectivity index (χ4n) is 3.42. The van der Waals surface area contributed by atoms with Gasteiger partial charge in [-0.05, 0) is 38.0 Å². The van der Waals surface area contributed by atoms with E-state index in [4.69, 9.17) is 23.8 Å². The van der Waals surface area contributed by atoms with E-state index in [1.807, 2.05) is 20.0 Å². The summed E-state index contributed by atoms with van der Waals surface area (Å²) in [6.07, 6.45) is 1.37. The van der Waals surface area contributed by atoms with Gasteiger partial charge in [0.25, 0.3) is 18.4 Å². The van der Waals surface area contributed by atoms with E-state index in [9.17, 15) is 4.79 Å². The largest absolute Gasteiger partial charge is 0.483 e. The van der Waals surface area contributed by atoms with Crippen molar-refractivity contribution < 1.29 is 28.6 Å². The molecule has 2 aromatic rings. The van der Waals surface area contributed by atoms with Gasteiger partial charge in [0.15, 0.2) is 5.69 Å². The second kappa shape index (κ2) is 12.3. The second-order valence-corrected chi connectivity index (χ2v) is 8.43. The summed E-state index contributed by atoms with van der Waals surface area (Å²) in [7, 11) is 3.48. The fraction of sp³-hybridized carbons (Fsp3) is 0.522. The van der Waals surface area contributed by atoms with E-state index < -0.39 is 0 Å². The molecule has 0 aliphatic carbocycles. The van der Waals surface area contributed by atoms with Gasteiger partial charge in [0.05, 0.1) is 19.8 Å². The molecule has 1 aliphatic heterocycles. The molecular weight excluding hydrogens is 428 g/mol. The zero-order valence-corrected chi connectivity index (χ0v) is 20.0. The van der Waals surface area contributed by atoms with Crippen LogP contribution in [-0.4, -0.2) is 80.0 Å². The van der Waals surface area contributed by atoms with E-state index in [0.29, 0.717) is 19.2 Å². The molecule has 1 amide bonds. The lowest BCUT2D eigenvalue weighted by Gasteiger charge is -2.42. The summed E-state index contributed by atoms with van der Waals surface area (Å²) < 4.78 is 16.1. The molecule has 10 nitrogen and oxygen atoms in total. The predicted molar refractivity (Wildman–Crippen MR) is 125 cm³/mol. The summed E-state index contributed by atoms with van der Waals surface area (Å²) in [6, 6.07) is 6.51. The van der Waals surface area contributed by atoms with Crippen LogP contribution in [0.2, 0.25) is 0 Å². The van der Waals surface area contributed by atoms with Crippen LogP contribution in [0.4, 0.5) is 11.7 Å². The predicted octanol–water partition coefficient (Wildman–Crippen LogP) is 2.63. The number of likely N-dealkylation sites (N-methyl/N-ethyl adjacent to an activating group) is 1. The molecule has 2 heterocycles. The lowest BCUT2D eigenvalue weighted by Crippen LogP contribution is -2.52. The van der Waals surface area contributed by atoms with Gasteiger partial charge in [-0.1, -0.05) is 12.1 Å². The Morgan fingerprint density at radius 2 is 2.15 bits per heavy atom. The van der Waals surface area contributed by atoms with E-state index in [2.05, 4.69) is 41.2 Å². The minimum atomic E-state index is -0.296. The first-order chi connectivity index (χ1) is 15.7. The van der Waals surface area contributed by atoms with Gasteiger partial charge in [0, 0.05) is 45.0 Å². The molecule has 0 saturated carbocycles. The smallest absolute Gasteiger partial charge is 0.297 e. The standard InChI is InChI=1S/C22H32N4O4.CH2O2/c1-16-12-17(13-26-9-11-29-15-22(26,2)3)6-7-18(16)23-20(27)19-14-30-21(24-19)25(4)8-10-28-5;2-1-3/h6-7,12,14H,8-11,13,15H2,1-5H3,(H,23,27);1H,(H,2,3). The minimum absolute atomic E-state index is 0.0140. The van der Waals surface area contributed by atoms with Gasteiger partial charge >= 0.3 is 0 Å². The summed E-state index contributed by atoms with van der Waals surface area (Å²) >= 11 is 0. The number of oxazole rings is 1. The molecule has 0 radical (unpaired) electrons. The van der Waals surface area contributed by atoms with Crippen LogP contribution in [-0.2, 0) is 20.8 Å². The van der Waals surface area contributed by atoms with Crippen molar-refractivity contribution in [2.45, 2.75) is 32.9 Å². The number of benzene rings is 1. The Bertz CT molecular complexity index is 914. The quantitative estimate of drug-likeness (QED) is 0.571. The van der Waals surface area contributed by atoms with Crippen LogP contribution in [0.15, 0.2) is 28.9 Å². The SMILES string of the molecule is COCCN(C)c1nc(C(=O)Nc2ccc(CN3CCOCC3(C)C)cc2C)co1.O=CO. The average molecular weight is 463 g/mol. The summed E-state index contributed by atoms with van der Waals surface area (Å²) in [5.74, 6) is -0.296. The molecular formula is C23H34N4O6. The number of nitrogens with zero attached hydrogens (tertiary/aromatic N) is 3. The normalized spacial score (nSPS) is 15.3. The first-order valence-electron chi connectivity index (χ1n) is 10.7. The topological polar surface area (TPSA) is 117 Å². The Hall–Kier alpha value is -2.95. The summed E-state index contributed by atoms with van der Waals surface area (Å²) in [4.78, 5) is 29.5. The number of aromatic nitrogens is 1. The highest BCUT2D eigenvalue weighted by atomic mass is 16.5. The number of ether oxygens (including phenoxy) is 2. The van der Waals surface area contributed by atoms with Crippen molar-refractivity contribution >= 4 is 24.1 Å². The highest BCUT2D eigenvalue weighted by molar-refractivity contribution is 6.03. The Balaban J connectivity index is 0.00000122. The van der Waals surface area contributed by atoms with E-state index >= 15 is 0 Å². The number of carbonyl (C=O) groups is 2. The maximum atomic E-state index is 12.6. The number of rotatable bonds is 8. The van der Waals surface area contributed by atoms with Crippen molar-refractivity contribution in [2.24, 2.45) is 0 Å². The molecule has 33 heavy (non-hydrogen) atoms. The van der Waals surface area contributed by atoms with E-state index in [0.717, 1.165) is 37.6 Å². The van der Waals surface area contributed by atoms with Gasteiger partial charge in [0.2, 0.25) is 0 Å². The third-order valence-corrected chi connectivity index (χ3v) is 5.41. The van der Waals surface area contributed by atoms with Crippen molar-refractivity contribution in [1.29, 1.82) is 0 Å². The molecule has 182 valence electrons. The molecule has 1 aromatic heterocycles. The minimum Gasteiger partial charge on any atom is -0.483 e. The fourth-order valence-corrected chi connectivity index (χ4v) is 3.42. The van der Waals surface area contributed by atoms with Gasteiger partial charge < -0.3 is 29.2 Å². The zero-order chi connectivity index (χ0) is 24.4. The number of aryl methyl sites for hydroxylation is 1. The third-order valence-electron chi connectivity index (χ3n) is 5.41. The molecule has 0 atom stereocenters. The highest BCUT2D eigenvalue weighted by Crippen LogP contribution is 2.24. The van der Waals surface area contributed by atoms with Crippen LogP contribution in [0.25, 0.3) is 0 Å². The van der Waals surface area contributed by atoms with E-state index in [1.54, 1.807) is 12.0 Å². The van der Waals surface area contributed by atoms with Crippen molar-refractivity contribution in [3.8, 4) is 0 Å². The second-order valence-electron chi connectivity index (χ2n) is 8.43. The van der Waals surface area contributed by atoms with E-state index in [-0.39, 0.29) is 23.6 Å². The van der Waals surface area contributed by atoms with Crippen LogP contribution in [0.5, 0.6) is 0 Å². The Morgan fingerprint density at radius 3 is 2.79 bits per heavy atom. The molecule has 10 heteroatoms. The molecule has 0 bridgehead atoms. The van der Waals surface area contributed by atoms with E-state index in [1.165, 1.54) is 11.8 Å². The lowest BCUT2D eigenvalue weighted by molar-refractivity contribution is -0.122. The summed E-state index contributed by atoms with van der Waals surface area (Å²) in [6.45, 7) is 10.6. The Morgan fingerprint density at radius 1 is 1.42 bits per heavy atom. The molecule has 1 saturated heterocycles. The molecule has 3 rings (SSSR count). The van der Waals surface area contributed by atoms with Crippen LogP contribution in [0.3, 0.4) is 0 Å². The zero-order valence-electron chi connectivity index (χ0n) is 20.0. The average Bonchev–Trinajstić information content (AvgIpc) is 3.26. The Labute approximate surface area is 194 Å². The molecule has 0 spiro atoms. The number of anilines is 2. The molecule has 0 unspecified atom stereocenters. The van der Waals surface area contributed by atoms with Gasteiger partial charge in [0.1, 0.15) is 6.26 Å². The monoisotopic (exact) mass is 462 g/mol. The number of carboxylic acid groups (broad SMARTS) is 1. The number of morpholine rings is 1. The molecule has 1 aromatic carbocycles. The summed E-state index contributed by atoms with van der Waals surface area (Å²) in [5.41, 5.74) is 3.24. The van der Waals surface area contributed by atoms with Crippen molar-refractivity contribution in [3.63, 3.8) is 0 Å². The van der Waals surface area contributed by atoms with Crippen molar-refractivity contribution in [2.75, 3.05) is 57.3 Å². The van der Waals surface area contributed by atoms with Crippen molar-refractivity contribution in [1.82, 2.24) is 9.88 Å². The van der Waals surface area contributed by atoms with Crippen LogP contribution in [0, 0.1) is 6.92 Å². The maximum Gasteiger partial charge on any atom is 0.297 e. The number of hydrogen-bond donors (Lipinski definition) is 2. The van der Waals surface area contributed by atoms with Gasteiger partial charge in [-0.2, -0.15) is 4.98 Å². The summed E-state index contributed by atoms with van der Waals surface area (Å²) in [5, 5.41) is 9.82. The number of hydrogen-bond acceptors (Lipinski definition) is 8. The maximum absolute atomic E-state index is 12.6. The first kappa shape index (κ1) is 26.3. The Kier molecular flexibility index (Phi) is 9.83. The molecule has 1 fully saturated rings.